The Kier molecular flexibility index (Phi) is 4.35. The highest BCUT2D eigenvalue weighted by Crippen LogP contribution is 2.24. The molecule has 0 amide bonds. The third kappa shape index (κ3) is 3.17. The summed E-state index contributed by atoms with van der Waals surface area (Å²) in [7, 11) is 0. The Labute approximate surface area is 109 Å². The second-order valence-corrected chi connectivity index (χ2v) is 6.18. The molecular weight excluding hydrogens is 228 g/mol. The Balaban J connectivity index is 2.02. The summed E-state index contributed by atoms with van der Waals surface area (Å²) < 4.78 is 0. The first-order valence-corrected chi connectivity index (χ1v) is 7.43. The molecule has 0 aliphatic carbocycles. The third-order valence-corrected chi connectivity index (χ3v) is 4.93. The van der Waals surface area contributed by atoms with E-state index in [9.17, 15) is 0 Å². The molecule has 1 fully saturated rings. The maximum atomic E-state index is 5.96. The number of nitrogens with two attached hydrogens (primary N) is 1. The van der Waals surface area contributed by atoms with Crippen LogP contribution >= 0.6 is 11.8 Å². The van der Waals surface area contributed by atoms with E-state index >= 15 is 0 Å². The van der Waals surface area contributed by atoms with Crippen molar-refractivity contribution in [3.8, 4) is 0 Å². The molecule has 1 saturated heterocycles. The van der Waals surface area contributed by atoms with Crippen LogP contribution in [-0.2, 0) is 6.54 Å². The van der Waals surface area contributed by atoms with Crippen LogP contribution in [0.15, 0.2) is 18.2 Å². The summed E-state index contributed by atoms with van der Waals surface area (Å²) in [5.41, 5.74) is 9.50. The molecule has 1 unspecified atom stereocenters. The number of nitrogen functional groups attached to an aromatic ring is 1. The van der Waals surface area contributed by atoms with E-state index in [1.54, 1.807) is 0 Å². The number of nitrogens with zero attached hydrogens (tertiary/aromatic N) is 1. The van der Waals surface area contributed by atoms with Gasteiger partial charge >= 0.3 is 0 Å². The van der Waals surface area contributed by atoms with Crippen LogP contribution in [0.2, 0.25) is 0 Å². The van der Waals surface area contributed by atoms with E-state index < -0.39 is 0 Å². The Bertz CT molecular complexity index is 378. The molecule has 0 spiro atoms. The maximum Gasteiger partial charge on any atom is 0.0346 e. The van der Waals surface area contributed by atoms with Gasteiger partial charge in [-0.1, -0.05) is 19.1 Å². The van der Waals surface area contributed by atoms with Crippen LogP contribution in [0.5, 0.6) is 0 Å². The van der Waals surface area contributed by atoms with Gasteiger partial charge in [-0.25, -0.2) is 0 Å². The van der Waals surface area contributed by atoms with E-state index in [4.69, 9.17) is 5.73 Å². The molecule has 1 aliphatic heterocycles. The second kappa shape index (κ2) is 5.78. The summed E-state index contributed by atoms with van der Waals surface area (Å²) in [5.74, 6) is 1.26. The summed E-state index contributed by atoms with van der Waals surface area (Å²) in [5, 5.41) is 0.810. The molecule has 1 heterocycles. The molecule has 2 nitrogen and oxygen atoms in total. The summed E-state index contributed by atoms with van der Waals surface area (Å²) in [4.78, 5) is 2.56. The lowest BCUT2D eigenvalue weighted by molar-refractivity contribution is 0.273. The van der Waals surface area contributed by atoms with Crippen molar-refractivity contribution in [1.82, 2.24) is 4.90 Å². The molecule has 1 aromatic carbocycles. The van der Waals surface area contributed by atoms with Crippen LogP contribution in [0.25, 0.3) is 0 Å². The van der Waals surface area contributed by atoms with Crippen molar-refractivity contribution in [3.05, 3.63) is 29.3 Å². The largest absolute Gasteiger partial charge is 0.399 e. The first-order valence-electron chi connectivity index (χ1n) is 6.38. The molecule has 1 aromatic rings. The molecule has 1 aliphatic rings. The Morgan fingerprint density at radius 1 is 1.47 bits per heavy atom. The van der Waals surface area contributed by atoms with Crippen molar-refractivity contribution < 1.29 is 0 Å². The third-order valence-electron chi connectivity index (χ3n) is 3.56. The zero-order valence-electron chi connectivity index (χ0n) is 10.8. The lowest BCUT2D eigenvalue weighted by Gasteiger charge is -2.32. The number of hydrogen-bond donors (Lipinski definition) is 1. The molecule has 2 rings (SSSR count). The van der Waals surface area contributed by atoms with Gasteiger partial charge in [0.2, 0.25) is 0 Å². The molecule has 0 aromatic heterocycles. The van der Waals surface area contributed by atoms with Gasteiger partial charge in [-0.05, 0) is 30.5 Å². The van der Waals surface area contributed by atoms with Crippen LogP contribution in [0.4, 0.5) is 5.69 Å². The molecule has 0 saturated carbocycles. The van der Waals surface area contributed by atoms with E-state index in [0.29, 0.717) is 0 Å². The Hall–Kier alpha value is -0.670. The standard InChI is InChI=1S/C14H22N2S/c1-3-13-10-16(7-8-17-13)9-12-5-4-6-14(15)11(12)2/h4-6,13H,3,7-10,15H2,1-2H3. The second-order valence-electron chi connectivity index (χ2n) is 4.77. The number of anilines is 1. The van der Waals surface area contributed by atoms with Crippen LogP contribution in [0.1, 0.15) is 24.5 Å². The molecule has 1 atom stereocenters. The zero-order valence-corrected chi connectivity index (χ0v) is 11.6. The minimum atomic E-state index is 0.810. The molecule has 17 heavy (non-hydrogen) atoms. The smallest absolute Gasteiger partial charge is 0.0346 e. The minimum Gasteiger partial charge on any atom is -0.399 e. The highest BCUT2D eigenvalue weighted by molar-refractivity contribution is 8.00. The van der Waals surface area contributed by atoms with Crippen molar-refractivity contribution in [1.29, 1.82) is 0 Å². The van der Waals surface area contributed by atoms with Crippen molar-refractivity contribution in [2.45, 2.75) is 32.1 Å². The number of thioether (sulfide) groups is 1. The first-order chi connectivity index (χ1) is 8.20. The average molecular weight is 250 g/mol. The van der Waals surface area contributed by atoms with Crippen molar-refractivity contribution in [2.24, 2.45) is 0 Å². The van der Waals surface area contributed by atoms with Gasteiger partial charge in [0, 0.05) is 36.3 Å². The summed E-state index contributed by atoms with van der Waals surface area (Å²) in [6, 6.07) is 6.25. The Morgan fingerprint density at radius 3 is 3.06 bits per heavy atom. The van der Waals surface area contributed by atoms with E-state index in [2.05, 4.69) is 42.6 Å². The fourth-order valence-electron chi connectivity index (χ4n) is 2.29. The molecule has 0 bridgehead atoms. The van der Waals surface area contributed by atoms with Gasteiger partial charge in [-0.2, -0.15) is 11.8 Å². The normalized spacial score (nSPS) is 21.6. The predicted molar refractivity (Wildman–Crippen MR) is 77.4 cm³/mol. The predicted octanol–water partition coefficient (Wildman–Crippen LogP) is 2.90. The van der Waals surface area contributed by atoms with Crippen LogP contribution in [0, 0.1) is 6.92 Å². The van der Waals surface area contributed by atoms with E-state index in [1.165, 1.54) is 36.4 Å². The van der Waals surface area contributed by atoms with E-state index in [-0.39, 0.29) is 0 Å². The lowest BCUT2D eigenvalue weighted by atomic mass is 10.1. The van der Waals surface area contributed by atoms with Gasteiger partial charge in [0.1, 0.15) is 0 Å². The lowest BCUT2D eigenvalue weighted by Crippen LogP contribution is -2.37. The zero-order chi connectivity index (χ0) is 12.3. The minimum absolute atomic E-state index is 0.810. The van der Waals surface area contributed by atoms with Gasteiger partial charge in [-0.3, -0.25) is 4.90 Å². The average Bonchev–Trinajstić information content (AvgIpc) is 2.35. The van der Waals surface area contributed by atoms with Crippen molar-refractivity contribution in [2.75, 3.05) is 24.6 Å². The van der Waals surface area contributed by atoms with Gasteiger partial charge < -0.3 is 5.73 Å². The van der Waals surface area contributed by atoms with Crippen molar-refractivity contribution >= 4 is 17.4 Å². The highest BCUT2D eigenvalue weighted by Gasteiger charge is 2.19. The maximum absolute atomic E-state index is 5.96. The van der Waals surface area contributed by atoms with Crippen molar-refractivity contribution in [3.63, 3.8) is 0 Å². The van der Waals surface area contributed by atoms with Crippen LogP contribution in [0.3, 0.4) is 0 Å². The fraction of sp³-hybridized carbons (Fsp3) is 0.571. The van der Waals surface area contributed by atoms with Crippen LogP contribution in [-0.4, -0.2) is 29.0 Å². The van der Waals surface area contributed by atoms with Gasteiger partial charge in [0.25, 0.3) is 0 Å². The van der Waals surface area contributed by atoms with Gasteiger partial charge in [-0.15, -0.1) is 0 Å². The fourth-order valence-corrected chi connectivity index (χ4v) is 3.54. The molecule has 0 radical (unpaired) electrons. The summed E-state index contributed by atoms with van der Waals surface area (Å²) in [6.07, 6.45) is 1.27. The SMILES string of the molecule is CCC1CN(Cc2cccc(N)c2C)CCS1. The monoisotopic (exact) mass is 250 g/mol. The Morgan fingerprint density at radius 2 is 2.29 bits per heavy atom. The van der Waals surface area contributed by atoms with Gasteiger partial charge in [0.05, 0.1) is 0 Å². The first kappa shape index (κ1) is 12.8. The molecule has 94 valence electrons. The molecule has 2 N–H and O–H groups in total. The molecule has 3 heteroatoms. The number of hydrogen-bond acceptors (Lipinski definition) is 3. The van der Waals surface area contributed by atoms with E-state index in [0.717, 1.165) is 17.5 Å². The van der Waals surface area contributed by atoms with Crippen LogP contribution < -0.4 is 5.73 Å². The topological polar surface area (TPSA) is 29.3 Å². The summed E-state index contributed by atoms with van der Waals surface area (Å²) in [6.45, 7) is 7.88. The quantitative estimate of drug-likeness (QED) is 0.836. The van der Waals surface area contributed by atoms with Gasteiger partial charge in [0.15, 0.2) is 0 Å². The highest BCUT2D eigenvalue weighted by atomic mass is 32.2. The number of benzene rings is 1. The number of rotatable bonds is 3. The summed E-state index contributed by atoms with van der Waals surface area (Å²) >= 11 is 2.12. The molecular formula is C14H22N2S. The van der Waals surface area contributed by atoms with E-state index in [1.807, 2.05) is 6.07 Å².